The molecular weight excluding hydrogens is 260 g/mol. The summed E-state index contributed by atoms with van der Waals surface area (Å²) in [7, 11) is 0. The summed E-state index contributed by atoms with van der Waals surface area (Å²) in [4.78, 5) is 27.4. The average Bonchev–Trinajstić information content (AvgIpc) is 3.07. The van der Waals surface area contributed by atoms with Crippen LogP contribution in [-0.4, -0.2) is 43.0 Å². The molecule has 1 unspecified atom stereocenters. The SMILES string of the molecule is Nc1nc(NCC2CCC(=O)N2)nc(-n2ccnc2)n1. The van der Waals surface area contributed by atoms with Crippen molar-refractivity contribution in [2.75, 3.05) is 17.6 Å². The molecule has 1 saturated heterocycles. The van der Waals surface area contributed by atoms with Crippen molar-refractivity contribution in [3.8, 4) is 5.95 Å². The van der Waals surface area contributed by atoms with Crippen LogP contribution in [0, 0.1) is 0 Å². The number of carbonyl (C=O) groups excluding carboxylic acids is 1. The maximum Gasteiger partial charge on any atom is 0.241 e. The fourth-order valence-corrected chi connectivity index (χ4v) is 2.00. The number of nitrogens with two attached hydrogens (primary N) is 1. The summed E-state index contributed by atoms with van der Waals surface area (Å²) in [6.45, 7) is 0.554. The third-order valence-corrected chi connectivity index (χ3v) is 2.97. The second kappa shape index (κ2) is 5.11. The first-order valence-corrected chi connectivity index (χ1v) is 6.24. The summed E-state index contributed by atoms with van der Waals surface area (Å²) < 4.78 is 1.64. The van der Waals surface area contributed by atoms with Crippen LogP contribution < -0.4 is 16.4 Å². The highest BCUT2D eigenvalue weighted by atomic mass is 16.1. The molecular formula is C11H14N8O. The van der Waals surface area contributed by atoms with Crippen molar-refractivity contribution in [1.82, 2.24) is 29.8 Å². The molecule has 2 aromatic heterocycles. The van der Waals surface area contributed by atoms with E-state index in [0.717, 1.165) is 6.42 Å². The van der Waals surface area contributed by atoms with Crippen LogP contribution >= 0.6 is 0 Å². The van der Waals surface area contributed by atoms with Crippen LogP contribution in [0.25, 0.3) is 5.95 Å². The number of hydrogen-bond acceptors (Lipinski definition) is 7. The molecule has 1 aliphatic rings. The molecule has 9 nitrogen and oxygen atoms in total. The lowest BCUT2D eigenvalue weighted by Gasteiger charge is -2.11. The topological polar surface area (TPSA) is 124 Å². The first kappa shape index (κ1) is 12.3. The zero-order valence-electron chi connectivity index (χ0n) is 10.7. The molecule has 3 heterocycles. The Morgan fingerprint density at radius 1 is 1.45 bits per heavy atom. The third kappa shape index (κ3) is 2.66. The van der Waals surface area contributed by atoms with E-state index >= 15 is 0 Å². The second-order valence-corrected chi connectivity index (χ2v) is 4.47. The maximum absolute atomic E-state index is 11.1. The molecule has 0 radical (unpaired) electrons. The van der Waals surface area contributed by atoms with Crippen LogP contribution in [-0.2, 0) is 4.79 Å². The van der Waals surface area contributed by atoms with Gasteiger partial charge in [-0.25, -0.2) is 4.98 Å². The van der Waals surface area contributed by atoms with Crippen LogP contribution in [0.15, 0.2) is 18.7 Å². The van der Waals surface area contributed by atoms with E-state index in [2.05, 4.69) is 30.6 Å². The summed E-state index contributed by atoms with van der Waals surface area (Å²) in [5, 5.41) is 5.92. The van der Waals surface area contributed by atoms with E-state index in [4.69, 9.17) is 5.73 Å². The van der Waals surface area contributed by atoms with Crippen LogP contribution in [0.4, 0.5) is 11.9 Å². The van der Waals surface area contributed by atoms with Gasteiger partial charge >= 0.3 is 0 Å². The highest BCUT2D eigenvalue weighted by Crippen LogP contribution is 2.09. The number of aromatic nitrogens is 5. The van der Waals surface area contributed by atoms with Gasteiger partial charge in [-0.1, -0.05) is 0 Å². The third-order valence-electron chi connectivity index (χ3n) is 2.97. The Hall–Kier alpha value is -2.71. The molecule has 104 valence electrons. The van der Waals surface area contributed by atoms with Gasteiger partial charge in [-0.3, -0.25) is 9.36 Å². The number of amides is 1. The van der Waals surface area contributed by atoms with Crippen molar-refractivity contribution in [2.45, 2.75) is 18.9 Å². The van der Waals surface area contributed by atoms with Gasteiger partial charge in [-0.05, 0) is 6.42 Å². The van der Waals surface area contributed by atoms with Gasteiger partial charge in [-0.2, -0.15) is 15.0 Å². The molecule has 4 N–H and O–H groups in total. The van der Waals surface area contributed by atoms with Gasteiger partial charge in [0.1, 0.15) is 6.33 Å². The summed E-state index contributed by atoms with van der Waals surface area (Å²) in [5.74, 6) is 0.975. The van der Waals surface area contributed by atoms with Gasteiger partial charge in [0.25, 0.3) is 0 Å². The fourth-order valence-electron chi connectivity index (χ4n) is 2.00. The molecule has 1 fully saturated rings. The van der Waals surface area contributed by atoms with E-state index in [1.807, 2.05) is 0 Å². The maximum atomic E-state index is 11.1. The lowest BCUT2D eigenvalue weighted by molar-refractivity contribution is -0.119. The minimum absolute atomic E-state index is 0.0751. The molecule has 9 heteroatoms. The molecule has 1 aliphatic heterocycles. The van der Waals surface area contributed by atoms with Crippen molar-refractivity contribution in [3.63, 3.8) is 0 Å². The Kier molecular flexibility index (Phi) is 3.15. The molecule has 0 saturated carbocycles. The summed E-state index contributed by atoms with van der Waals surface area (Å²) in [5.41, 5.74) is 5.67. The summed E-state index contributed by atoms with van der Waals surface area (Å²) >= 11 is 0. The highest BCUT2D eigenvalue weighted by molar-refractivity contribution is 5.78. The van der Waals surface area contributed by atoms with E-state index < -0.39 is 0 Å². The lowest BCUT2D eigenvalue weighted by Crippen LogP contribution is -2.32. The Morgan fingerprint density at radius 2 is 2.35 bits per heavy atom. The molecule has 20 heavy (non-hydrogen) atoms. The zero-order chi connectivity index (χ0) is 13.9. The molecule has 2 aromatic rings. The second-order valence-electron chi connectivity index (χ2n) is 4.47. The number of anilines is 2. The zero-order valence-corrected chi connectivity index (χ0v) is 10.7. The lowest BCUT2D eigenvalue weighted by atomic mass is 10.2. The number of imidazole rings is 1. The van der Waals surface area contributed by atoms with Crippen molar-refractivity contribution >= 4 is 17.8 Å². The van der Waals surface area contributed by atoms with E-state index in [1.165, 1.54) is 0 Å². The van der Waals surface area contributed by atoms with Crippen molar-refractivity contribution in [2.24, 2.45) is 0 Å². The average molecular weight is 274 g/mol. The fraction of sp³-hybridized carbons (Fsp3) is 0.364. The van der Waals surface area contributed by atoms with Crippen molar-refractivity contribution in [3.05, 3.63) is 18.7 Å². The smallest absolute Gasteiger partial charge is 0.241 e. The standard InChI is InChI=1S/C11H14N8O/c12-9-16-10(14-5-7-1-2-8(20)15-7)18-11(17-9)19-4-3-13-6-19/h3-4,6-7H,1-2,5H2,(H,15,20)(H3,12,14,16,17,18). The van der Waals surface area contributed by atoms with Crippen LogP contribution in [0.5, 0.6) is 0 Å². The molecule has 3 rings (SSSR count). The Balaban J connectivity index is 1.71. The molecule has 1 atom stereocenters. The number of nitrogens with one attached hydrogen (secondary N) is 2. The summed E-state index contributed by atoms with van der Waals surface area (Å²) in [6, 6.07) is 0.0946. The van der Waals surface area contributed by atoms with Gasteiger partial charge in [-0.15, -0.1) is 0 Å². The normalized spacial score (nSPS) is 18.0. The minimum Gasteiger partial charge on any atom is -0.368 e. The predicted molar refractivity (Wildman–Crippen MR) is 71.0 cm³/mol. The van der Waals surface area contributed by atoms with Gasteiger partial charge < -0.3 is 16.4 Å². The first-order valence-electron chi connectivity index (χ1n) is 6.24. The van der Waals surface area contributed by atoms with E-state index in [-0.39, 0.29) is 17.9 Å². The molecule has 0 aliphatic carbocycles. The van der Waals surface area contributed by atoms with E-state index in [0.29, 0.717) is 24.9 Å². The highest BCUT2D eigenvalue weighted by Gasteiger charge is 2.20. The van der Waals surface area contributed by atoms with Gasteiger partial charge in [0.05, 0.1) is 0 Å². The predicted octanol–water partition coefficient (Wildman–Crippen LogP) is -0.670. The first-order chi connectivity index (χ1) is 9.70. The van der Waals surface area contributed by atoms with Crippen LogP contribution in [0.2, 0.25) is 0 Å². The monoisotopic (exact) mass is 274 g/mol. The molecule has 0 bridgehead atoms. The Labute approximate surface area is 114 Å². The number of nitrogens with zero attached hydrogens (tertiary/aromatic N) is 5. The number of rotatable bonds is 4. The van der Waals surface area contributed by atoms with Crippen LogP contribution in [0.3, 0.4) is 0 Å². The van der Waals surface area contributed by atoms with E-state index in [9.17, 15) is 4.79 Å². The largest absolute Gasteiger partial charge is 0.368 e. The molecule has 0 aromatic carbocycles. The quantitative estimate of drug-likeness (QED) is 0.675. The van der Waals surface area contributed by atoms with Crippen molar-refractivity contribution < 1.29 is 4.79 Å². The molecule has 0 spiro atoms. The van der Waals surface area contributed by atoms with Gasteiger partial charge in [0.2, 0.25) is 23.8 Å². The Morgan fingerprint density at radius 3 is 3.05 bits per heavy atom. The number of carbonyl (C=O) groups is 1. The van der Waals surface area contributed by atoms with Crippen molar-refractivity contribution in [1.29, 1.82) is 0 Å². The minimum atomic E-state index is 0.0751. The van der Waals surface area contributed by atoms with E-state index in [1.54, 1.807) is 23.3 Å². The van der Waals surface area contributed by atoms with Gasteiger partial charge in [0.15, 0.2) is 0 Å². The summed E-state index contributed by atoms with van der Waals surface area (Å²) in [6.07, 6.45) is 6.29. The number of hydrogen-bond donors (Lipinski definition) is 3. The number of nitrogen functional groups attached to an aromatic ring is 1. The van der Waals surface area contributed by atoms with Gasteiger partial charge in [0, 0.05) is 31.4 Å². The Bertz CT molecular complexity index is 611. The molecule has 1 amide bonds. The van der Waals surface area contributed by atoms with Crippen LogP contribution in [0.1, 0.15) is 12.8 Å².